The number of carbonyl (C=O) groups excluding carboxylic acids is 3. The number of rotatable bonds is 4. The third-order valence-electron chi connectivity index (χ3n) is 5.27. The Labute approximate surface area is 173 Å². The van der Waals surface area contributed by atoms with Crippen LogP contribution in [0.15, 0.2) is 41.8 Å². The second-order valence-electron chi connectivity index (χ2n) is 7.12. The minimum absolute atomic E-state index is 0.00218. The predicted octanol–water partition coefficient (Wildman–Crippen LogP) is 2.24. The van der Waals surface area contributed by atoms with Gasteiger partial charge in [0, 0.05) is 39.1 Å². The van der Waals surface area contributed by atoms with E-state index in [2.05, 4.69) is 0 Å². The molecular weight excluding hydrogens is 390 g/mol. The van der Waals surface area contributed by atoms with Crippen LogP contribution in [-0.4, -0.2) is 66.3 Å². The molecule has 1 fully saturated rings. The largest absolute Gasteiger partial charge is 0.479 e. The summed E-state index contributed by atoms with van der Waals surface area (Å²) in [6, 6.07) is 11.1. The first-order chi connectivity index (χ1) is 14.0. The van der Waals surface area contributed by atoms with Crippen molar-refractivity contribution >= 4 is 34.7 Å². The molecule has 2 aliphatic rings. The van der Waals surface area contributed by atoms with Gasteiger partial charge in [-0.1, -0.05) is 18.2 Å². The molecule has 3 amide bonds. The van der Waals surface area contributed by atoms with Crippen LogP contribution in [0.2, 0.25) is 0 Å². The molecule has 0 bridgehead atoms. The van der Waals surface area contributed by atoms with Crippen LogP contribution in [0.1, 0.15) is 23.0 Å². The topological polar surface area (TPSA) is 70.2 Å². The average Bonchev–Trinajstić information content (AvgIpc) is 3.28. The van der Waals surface area contributed by atoms with E-state index in [1.54, 1.807) is 21.6 Å². The summed E-state index contributed by atoms with van der Waals surface area (Å²) in [6.45, 7) is 4.12. The number of piperazine rings is 1. The van der Waals surface area contributed by atoms with Crippen molar-refractivity contribution in [1.82, 2.24) is 9.80 Å². The third kappa shape index (κ3) is 3.98. The first-order valence-electron chi connectivity index (χ1n) is 9.72. The molecule has 29 heavy (non-hydrogen) atoms. The lowest BCUT2D eigenvalue weighted by atomic mass is 10.1. The average molecular weight is 413 g/mol. The van der Waals surface area contributed by atoms with Crippen molar-refractivity contribution in [3.05, 3.63) is 46.7 Å². The van der Waals surface area contributed by atoms with Crippen LogP contribution in [-0.2, 0) is 9.59 Å². The first-order valence-corrected chi connectivity index (χ1v) is 10.6. The molecule has 1 saturated heterocycles. The van der Waals surface area contributed by atoms with Crippen molar-refractivity contribution in [2.24, 2.45) is 0 Å². The van der Waals surface area contributed by atoms with Crippen LogP contribution in [0.25, 0.3) is 0 Å². The molecule has 1 aromatic heterocycles. The maximum absolute atomic E-state index is 12.7. The van der Waals surface area contributed by atoms with E-state index in [1.165, 1.54) is 11.3 Å². The zero-order valence-corrected chi connectivity index (χ0v) is 17.1. The summed E-state index contributed by atoms with van der Waals surface area (Å²) in [6.07, 6.45) is -0.321. The molecule has 0 radical (unpaired) electrons. The fourth-order valence-corrected chi connectivity index (χ4v) is 4.36. The van der Waals surface area contributed by atoms with Crippen LogP contribution in [0, 0.1) is 0 Å². The highest BCUT2D eigenvalue weighted by atomic mass is 32.1. The van der Waals surface area contributed by atoms with E-state index in [9.17, 15) is 14.4 Å². The number of carbonyl (C=O) groups is 3. The van der Waals surface area contributed by atoms with Crippen LogP contribution in [0.3, 0.4) is 0 Å². The second kappa shape index (κ2) is 8.24. The van der Waals surface area contributed by atoms with Gasteiger partial charge in [-0.15, -0.1) is 11.3 Å². The van der Waals surface area contributed by atoms with Gasteiger partial charge in [-0.3, -0.25) is 14.4 Å². The van der Waals surface area contributed by atoms with Gasteiger partial charge in [-0.2, -0.15) is 0 Å². The number of anilines is 1. The number of amides is 3. The van der Waals surface area contributed by atoms with E-state index in [0.717, 1.165) is 4.88 Å². The van der Waals surface area contributed by atoms with Crippen molar-refractivity contribution < 1.29 is 19.1 Å². The SMILES string of the molecule is CC1Oc2ccccc2N(CCC(=O)N2CCN(C(=O)c3cccs3)CC2)C1=O. The highest BCUT2D eigenvalue weighted by Crippen LogP contribution is 2.33. The van der Waals surface area contributed by atoms with Gasteiger partial charge >= 0.3 is 0 Å². The summed E-state index contributed by atoms with van der Waals surface area (Å²) in [5.41, 5.74) is 0.703. The van der Waals surface area contributed by atoms with Gasteiger partial charge < -0.3 is 19.4 Å². The summed E-state index contributed by atoms with van der Waals surface area (Å²) in [5, 5.41) is 1.89. The zero-order chi connectivity index (χ0) is 20.4. The fourth-order valence-electron chi connectivity index (χ4n) is 3.67. The number of nitrogens with zero attached hydrogens (tertiary/aromatic N) is 3. The van der Waals surface area contributed by atoms with Crippen molar-refractivity contribution in [1.29, 1.82) is 0 Å². The summed E-state index contributed by atoms with van der Waals surface area (Å²) < 4.78 is 5.64. The Hall–Kier alpha value is -2.87. The van der Waals surface area contributed by atoms with E-state index in [1.807, 2.05) is 41.8 Å². The normalized spacial score (nSPS) is 19.0. The Morgan fingerprint density at radius 2 is 1.79 bits per heavy atom. The van der Waals surface area contributed by atoms with Crippen LogP contribution >= 0.6 is 11.3 Å². The van der Waals surface area contributed by atoms with Crippen LogP contribution < -0.4 is 9.64 Å². The standard InChI is InChI=1S/C21H23N3O4S/c1-15-20(26)24(16-5-2-3-6-17(16)28-15)9-8-19(25)22-10-12-23(13-11-22)21(27)18-7-4-14-29-18/h2-7,14-15H,8-13H2,1H3. The van der Waals surface area contributed by atoms with Crippen LogP contribution in [0.5, 0.6) is 5.75 Å². The van der Waals surface area contributed by atoms with Gasteiger partial charge in [0.1, 0.15) is 5.75 Å². The Morgan fingerprint density at radius 1 is 1.07 bits per heavy atom. The molecule has 1 aromatic carbocycles. The van der Waals surface area contributed by atoms with Crippen LogP contribution in [0.4, 0.5) is 5.69 Å². The van der Waals surface area contributed by atoms with E-state index in [4.69, 9.17) is 4.74 Å². The Bertz CT molecular complexity index is 906. The van der Waals surface area contributed by atoms with Gasteiger partial charge in [-0.05, 0) is 30.5 Å². The maximum atomic E-state index is 12.7. The number of benzene rings is 1. The Kier molecular flexibility index (Phi) is 5.53. The van der Waals surface area contributed by atoms with Gasteiger partial charge in [0.15, 0.2) is 6.10 Å². The number of hydrogen-bond donors (Lipinski definition) is 0. The predicted molar refractivity (Wildman–Crippen MR) is 110 cm³/mol. The fraction of sp³-hybridized carbons (Fsp3) is 0.381. The Balaban J connectivity index is 1.33. The van der Waals surface area contributed by atoms with Crippen molar-refractivity contribution in [3.8, 4) is 5.75 Å². The molecule has 8 heteroatoms. The van der Waals surface area contributed by atoms with E-state index >= 15 is 0 Å². The molecule has 0 aliphatic carbocycles. The highest BCUT2D eigenvalue weighted by molar-refractivity contribution is 7.12. The van der Waals surface area contributed by atoms with Gasteiger partial charge in [0.05, 0.1) is 10.6 Å². The van der Waals surface area contributed by atoms with E-state index in [-0.39, 0.29) is 24.1 Å². The van der Waals surface area contributed by atoms with E-state index in [0.29, 0.717) is 44.2 Å². The quantitative estimate of drug-likeness (QED) is 0.771. The lowest BCUT2D eigenvalue weighted by Crippen LogP contribution is -2.51. The minimum atomic E-state index is -0.563. The molecule has 0 N–H and O–H groups in total. The summed E-state index contributed by atoms with van der Waals surface area (Å²) in [4.78, 5) is 43.6. The number of thiophene rings is 1. The molecule has 3 heterocycles. The first kappa shape index (κ1) is 19.4. The van der Waals surface area contributed by atoms with Crippen molar-refractivity contribution in [2.45, 2.75) is 19.4 Å². The number of para-hydroxylation sites is 2. The Morgan fingerprint density at radius 3 is 2.52 bits per heavy atom. The molecule has 4 rings (SSSR count). The molecule has 1 unspecified atom stereocenters. The third-order valence-corrected chi connectivity index (χ3v) is 6.13. The summed E-state index contributed by atoms with van der Waals surface area (Å²) in [5.74, 6) is 0.546. The van der Waals surface area contributed by atoms with E-state index < -0.39 is 6.10 Å². The van der Waals surface area contributed by atoms with Crippen molar-refractivity contribution in [3.63, 3.8) is 0 Å². The zero-order valence-electron chi connectivity index (χ0n) is 16.2. The molecule has 152 valence electrons. The maximum Gasteiger partial charge on any atom is 0.267 e. The molecule has 0 saturated carbocycles. The molecule has 7 nitrogen and oxygen atoms in total. The monoisotopic (exact) mass is 413 g/mol. The molecular formula is C21H23N3O4S. The molecule has 1 atom stereocenters. The summed E-state index contributed by atoms with van der Waals surface area (Å²) in [7, 11) is 0. The molecule has 0 spiro atoms. The number of fused-ring (bicyclic) bond motifs is 1. The lowest BCUT2D eigenvalue weighted by Gasteiger charge is -2.36. The van der Waals surface area contributed by atoms with Gasteiger partial charge in [0.2, 0.25) is 5.91 Å². The van der Waals surface area contributed by atoms with Gasteiger partial charge in [0.25, 0.3) is 11.8 Å². The lowest BCUT2D eigenvalue weighted by molar-refractivity contribution is -0.132. The highest BCUT2D eigenvalue weighted by Gasteiger charge is 2.32. The smallest absolute Gasteiger partial charge is 0.267 e. The summed E-state index contributed by atoms with van der Waals surface area (Å²) >= 11 is 1.43. The van der Waals surface area contributed by atoms with Crippen molar-refractivity contribution in [2.75, 3.05) is 37.6 Å². The number of hydrogen-bond acceptors (Lipinski definition) is 5. The minimum Gasteiger partial charge on any atom is -0.479 e. The molecule has 2 aromatic rings. The second-order valence-corrected chi connectivity index (χ2v) is 8.07. The van der Waals surface area contributed by atoms with Gasteiger partial charge in [-0.25, -0.2) is 0 Å². The number of ether oxygens (including phenoxy) is 1. The molecule has 2 aliphatic heterocycles.